The highest BCUT2D eigenvalue weighted by Crippen LogP contribution is 2.22. The Bertz CT molecular complexity index is 931. The number of ether oxygens (including phenoxy) is 2. The predicted octanol–water partition coefficient (Wildman–Crippen LogP) is 3.29. The molecular weight excluding hydrogens is 382 g/mol. The summed E-state index contributed by atoms with van der Waals surface area (Å²) >= 11 is 0. The van der Waals surface area contributed by atoms with Crippen LogP contribution in [0.15, 0.2) is 42.6 Å². The molecule has 0 radical (unpaired) electrons. The maximum Gasteiger partial charge on any atom is 0.347 e. The number of carbonyl (C=O) groups excluding carboxylic acids is 2. The number of amides is 1. The van der Waals surface area contributed by atoms with Gasteiger partial charge in [0.2, 0.25) is 0 Å². The van der Waals surface area contributed by atoms with Gasteiger partial charge in [0.1, 0.15) is 11.4 Å². The third kappa shape index (κ3) is 5.20. The van der Waals surface area contributed by atoms with Crippen molar-refractivity contribution in [3.8, 4) is 11.8 Å². The number of aromatic nitrogens is 1. The van der Waals surface area contributed by atoms with Crippen LogP contribution in [-0.2, 0) is 16.6 Å². The van der Waals surface area contributed by atoms with Crippen LogP contribution < -0.4 is 4.74 Å². The SMILES string of the molecule is CC(Oc1cccc(C#N)c1)C(=O)OCCC1CCCCN1C(=O)c1cccn1C. The Morgan fingerprint density at radius 2 is 2.10 bits per heavy atom. The van der Waals surface area contributed by atoms with Gasteiger partial charge in [0.25, 0.3) is 5.91 Å². The molecule has 1 saturated heterocycles. The van der Waals surface area contributed by atoms with Crippen molar-refractivity contribution in [3.05, 3.63) is 53.9 Å². The summed E-state index contributed by atoms with van der Waals surface area (Å²) in [5.41, 5.74) is 1.13. The van der Waals surface area contributed by atoms with E-state index in [0.717, 1.165) is 25.8 Å². The summed E-state index contributed by atoms with van der Waals surface area (Å²) in [6.07, 6.45) is 4.62. The Morgan fingerprint density at radius 1 is 1.27 bits per heavy atom. The molecule has 1 aromatic carbocycles. The number of esters is 1. The Morgan fingerprint density at radius 3 is 2.83 bits per heavy atom. The minimum absolute atomic E-state index is 0.0209. The van der Waals surface area contributed by atoms with Gasteiger partial charge in [0.05, 0.1) is 18.2 Å². The zero-order chi connectivity index (χ0) is 21.5. The first-order chi connectivity index (χ1) is 14.5. The summed E-state index contributed by atoms with van der Waals surface area (Å²) in [7, 11) is 1.86. The molecule has 1 fully saturated rings. The number of rotatable bonds is 7. The standard InChI is InChI=1S/C23H27N3O4/c1-17(30-20-9-5-7-18(15-20)16-24)23(28)29-14-11-19-8-3-4-13-26(19)22(27)21-10-6-12-25(21)2/h5-7,9-10,12,15,17,19H,3-4,8,11,13-14H2,1-2H3. The van der Waals surface area contributed by atoms with Crippen LogP contribution in [0, 0.1) is 11.3 Å². The summed E-state index contributed by atoms with van der Waals surface area (Å²) in [6.45, 7) is 2.57. The minimum Gasteiger partial charge on any atom is -0.479 e. The van der Waals surface area contributed by atoms with Gasteiger partial charge in [-0.2, -0.15) is 5.26 Å². The van der Waals surface area contributed by atoms with E-state index in [0.29, 0.717) is 23.4 Å². The third-order valence-electron chi connectivity index (χ3n) is 5.35. The number of hydrogen-bond acceptors (Lipinski definition) is 5. The second kappa shape index (κ2) is 9.97. The molecule has 7 heteroatoms. The largest absolute Gasteiger partial charge is 0.479 e. The molecule has 3 rings (SSSR count). The zero-order valence-electron chi connectivity index (χ0n) is 17.4. The highest BCUT2D eigenvalue weighted by Gasteiger charge is 2.29. The van der Waals surface area contributed by atoms with Gasteiger partial charge in [0, 0.05) is 32.3 Å². The Kier molecular flexibility index (Phi) is 7.12. The van der Waals surface area contributed by atoms with Crippen LogP contribution in [0.1, 0.15) is 48.7 Å². The van der Waals surface area contributed by atoms with Gasteiger partial charge in [0.15, 0.2) is 6.10 Å². The first-order valence-electron chi connectivity index (χ1n) is 10.3. The maximum absolute atomic E-state index is 12.9. The van der Waals surface area contributed by atoms with Crippen LogP contribution in [0.3, 0.4) is 0 Å². The first kappa shape index (κ1) is 21.4. The number of likely N-dealkylation sites (tertiary alicyclic amines) is 1. The molecule has 2 unspecified atom stereocenters. The summed E-state index contributed by atoms with van der Waals surface area (Å²) < 4.78 is 12.8. The number of hydrogen-bond donors (Lipinski definition) is 0. The molecule has 0 N–H and O–H groups in total. The molecule has 0 aliphatic carbocycles. The van der Waals surface area contributed by atoms with Crippen LogP contribution in [-0.4, -0.2) is 46.6 Å². The van der Waals surface area contributed by atoms with Gasteiger partial charge in [-0.25, -0.2) is 4.79 Å². The van der Waals surface area contributed by atoms with E-state index in [1.165, 1.54) is 0 Å². The van der Waals surface area contributed by atoms with Crippen LogP contribution in [0.2, 0.25) is 0 Å². The van der Waals surface area contributed by atoms with Crippen molar-refractivity contribution in [1.29, 1.82) is 5.26 Å². The lowest BCUT2D eigenvalue weighted by Crippen LogP contribution is -2.45. The second-order valence-electron chi connectivity index (χ2n) is 7.51. The Labute approximate surface area is 176 Å². The molecule has 2 heterocycles. The lowest BCUT2D eigenvalue weighted by Gasteiger charge is -2.35. The highest BCUT2D eigenvalue weighted by atomic mass is 16.6. The Balaban J connectivity index is 1.51. The van der Waals surface area contributed by atoms with E-state index in [-0.39, 0.29) is 18.6 Å². The number of carbonyl (C=O) groups is 2. The number of nitrogens with zero attached hydrogens (tertiary/aromatic N) is 3. The van der Waals surface area contributed by atoms with Crippen molar-refractivity contribution in [2.45, 2.75) is 44.8 Å². The van der Waals surface area contributed by atoms with Crippen LogP contribution >= 0.6 is 0 Å². The number of benzene rings is 1. The molecule has 7 nitrogen and oxygen atoms in total. The molecule has 0 bridgehead atoms. The van der Waals surface area contributed by atoms with Crippen molar-refractivity contribution < 1.29 is 19.1 Å². The van der Waals surface area contributed by atoms with Gasteiger partial charge in [-0.15, -0.1) is 0 Å². The maximum atomic E-state index is 12.9. The molecule has 158 valence electrons. The van der Waals surface area contributed by atoms with Gasteiger partial charge in [-0.3, -0.25) is 4.79 Å². The molecule has 1 amide bonds. The van der Waals surface area contributed by atoms with E-state index in [1.807, 2.05) is 40.9 Å². The third-order valence-corrected chi connectivity index (χ3v) is 5.35. The van der Waals surface area contributed by atoms with Crippen molar-refractivity contribution >= 4 is 11.9 Å². The summed E-state index contributed by atoms with van der Waals surface area (Å²) in [5.74, 6) is 0.00574. The van der Waals surface area contributed by atoms with E-state index in [9.17, 15) is 9.59 Å². The average Bonchev–Trinajstić information content (AvgIpc) is 3.19. The van der Waals surface area contributed by atoms with E-state index >= 15 is 0 Å². The predicted molar refractivity (Wildman–Crippen MR) is 111 cm³/mol. The van der Waals surface area contributed by atoms with E-state index in [4.69, 9.17) is 14.7 Å². The van der Waals surface area contributed by atoms with Gasteiger partial charge >= 0.3 is 5.97 Å². The van der Waals surface area contributed by atoms with Crippen molar-refractivity contribution in [2.24, 2.45) is 7.05 Å². The van der Waals surface area contributed by atoms with E-state index < -0.39 is 12.1 Å². The van der Waals surface area contributed by atoms with E-state index in [2.05, 4.69) is 0 Å². The fourth-order valence-corrected chi connectivity index (χ4v) is 3.70. The summed E-state index contributed by atoms with van der Waals surface area (Å²) in [5, 5.41) is 8.95. The topological polar surface area (TPSA) is 84.6 Å². The Hall–Kier alpha value is -3.27. The molecule has 2 aromatic rings. The molecule has 1 aromatic heterocycles. The quantitative estimate of drug-likeness (QED) is 0.655. The molecule has 1 aliphatic rings. The van der Waals surface area contributed by atoms with Crippen LogP contribution in [0.5, 0.6) is 5.75 Å². The van der Waals surface area contributed by atoms with Crippen molar-refractivity contribution in [3.63, 3.8) is 0 Å². The summed E-state index contributed by atoms with van der Waals surface area (Å²) in [4.78, 5) is 27.1. The van der Waals surface area contributed by atoms with Gasteiger partial charge in [-0.05, 0) is 56.5 Å². The average molecular weight is 409 g/mol. The first-order valence-corrected chi connectivity index (χ1v) is 10.3. The fourth-order valence-electron chi connectivity index (χ4n) is 3.70. The monoisotopic (exact) mass is 409 g/mol. The minimum atomic E-state index is -0.786. The molecule has 1 aliphatic heterocycles. The zero-order valence-corrected chi connectivity index (χ0v) is 17.4. The molecule has 0 saturated carbocycles. The highest BCUT2D eigenvalue weighted by molar-refractivity contribution is 5.93. The van der Waals surface area contributed by atoms with Crippen molar-refractivity contribution in [2.75, 3.05) is 13.2 Å². The normalized spacial score (nSPS) is 17.1. The smallest absolute Gasteiger partial charge is 0.347 e. The lowest BCUT2D eigenvalue weighted by atomic mass is 9.99. The number of piperidine rings is 1. The molecule has 30 heavy (non-hydrogen) atoms. The summed E-state index contributed by atoms with van der Waals surface area (Å²) in [6, 6.07) is 12.4. The van der Waals surface area contributed by atoms with Crippen LogP contribution in [0.25, 0.3) is 0 Å². The molecular formula is C23H27N3O4. The van der Waals surface area contributed by atoms with Crippen LogP contribution in [0.4, 0.5) is 0 Å². The molecule has 2 atom stereocenters. The molecule has 0 spiro atoms. The fraction of sp³-hybridized carbons (Fsp3) is 0.435. The van der Waals surface area contributed by atoms with Crippen molar-refractivity contribution in [1.82, 2.24) is 9.47 Å². The second-order valence-corrected chi connectivity index (χ2v) is 7.51. The number of aryl methyl sites for hydroxylation is 1. The van der Waals surface area contributed by atoms with Gasteiger partial charge < -0.3 is 18.9 Å². The van der Waals surface area contributed by atoms with E-state index in [1.54, 1.807) is 31.2 Å². The number of nitriles is 1. The van der Waals surface area contributed by atoms with Gasteiger partial charge in [-0.1, -0.05) is 6.07 Å². The lowest BCUT2D eigenvalue weighted by molar-refractivity contribution is -0.151.